The lowest BCUT2D eigenvalue weighted by atomic mass is 10.1. The van der Waals surface area contributed by atoms with Crippen molar-refractivity contribution in [3.05, 3.63) is 68.0 Å². The van der Waals surface area contributed by atoms with E-state index < -0.39 is 17.8 Å². The van der Waals surface area contributed by atoms with Gasteiger partial charge >= 0.3 is 5.97 Å². The second-order valence-corrected chi connectivity index (χ2v) is 8.95. The zero-order chi connectivity index (χ0) is 25.7. The Hall–Kier alpha value is -3.27. The first-order valence-electron chi connectivity index (χ1n) is 10.3. The Labute approximate surface area is 216 Å². The normalized spacial score (nSPS) is 10.5. The third-order valence-electron chi connectivity index (χ3n) is 4.88. The van der Waals surface area contributed by atoms with Gasteiger partial charge in [-0.1, -0.05) is 23.2 Å². The van der Waals surface area contributed by atoms with Gasteiger partial charge in [-0.2, -0.15) is 0 Å². The van der Waals surface area contributed by atoms with E-state index in [1.54, 1.807) is 38.1 Å². The molecule has 2 aromatic carbocycles. The van der Waals surface area contributed by atoms with Gasteiger partial charge in [-0.15, -0.1) is 11.3 Å². The number of nitrogens with one attached hydrogen (secondary N) is 2. The van der Waals surface area contributed by atoms with E-state index in [2.05, 4.69) is 10.6 Å². The van der Waals surface area contributed by atoms with Crippen LogP contribution < -0.4 is 20.1 Å². The molecule has 184 valence electrons. The summed E-state index contributed by atoms with van der Waals surface area (Å²) >= 11 is 13.1. The number of hydrogen-bond acceptors (Lipinski definition) is 7. The molecule has 3 aromatic rings. The zero-order valence-corrected chi connectivity index (χ0v) is 21.6. The zero-order valence-electron chi connectivity index (χ0n) is 19.3. The molecule has 0 saturated heterocycles. The molecule has 0 atom stereocenters. The number of hydrogen-bond donors (Lipinski definition) is 2. The molecule has 0 saturated carbocycles. The van der Waals surface area contributed by atoms with Crippen LogP contribution in [0.25, 0.3) is 0 Å². The van der Waals surface area contributed by atoms with E-state index in [-0.39, 0.29) is 27.6 Å². The summed E-state index contributed by atoms with van der Waals surface area (Å²) in [4.78, 5) is 39.0. The molecule has 0 bridgehead atoms. The first-order valence-corrected chi connectivity index (χ1v) is 11.9. The Bertz CT molecular complexity index is 1290. The molecular formula is C24H22Cl2N2O6S. The van der Waals surface area contributed by atoms with Crippen LogP contribution in [-0.2, 0) is 4.74 Å². The molecule has 2 N–H and O–H groups in total. The molecule has 11 heteroatoms. The van der Waals surface area contributed by atoms with E-state index >= 15 is 0 Å². The van der Waals surface area contributed by atoms with E-state index in [0.29, 0.717) is 32.8 Å². The van der Waals surface area contributed by atoms with Crippen LogP contribution >= 0.6 is 34.5 Å². The van der Waals surface area contributed by atoms with Crippen LogP contribution in [0.15, 0.2) is 36.4 Å². The van der Waals surface area contributed by atoms with Gasteiger partial charge in [0.05, 0.1) is 42.0 Å². The van der Waals surface area contributed by atoms with Crippen molar-refractivity contribution in [1.29, 1.82) is 0 Å². The van der Waals surface area contributed by atoms with E-state index in [1.165, 1.54) is 26.4 Å². The van der Waals surface area contributed by atoms with Crippen LogP contribution in [0.1, 0.15) is 42.9 Å². The first kappa shape index (κ1) is 26.3. The number of rotatable bonds is 8. The number of anilines is 2. The molecule has 1 aromatic heterocycles. The fraction of sp³-hybridized carbons (Fsp3) is 0.208. The summed E-state index contributed by atoms with van der Waals surface area (Å²) in [7, 11) is 2.94. The van der Waals surface area contributed by atoms with Gasteiger partial charge in [-0.05, 0) is 55.8 Å². The highest BCUT2D eigenvalue weighted by atomic mass is 35.5. The molecule has 0 radical (unpaired) electrons. The molecule has 2 amide bonds. The maximum Gasteiger partial charge on any atom is 0.341 e. The van der Waals surface area contributed by atoms with Gasteiger partial charge in [0.2, 0.25) is 0 Å². The maximum atomic E-state index is 13.1. The lowest BCUT2D eigenvalue weighted by Gasteiger charge is -2.10. The maximum absolute atomic E-state index is 13.1. The first-order chi connectivity index (χ1) is 16.7. The van der Waals surface area contributed by atoms with Gasteiger partial charge in [-0.3, -0.25) is 9.59 Å². The highest BCUT2D eigenvalue weighted by Crippen LogP contribution is 2.36. The Kier molecular flexibility index (Phi) is 8.61. The lowest BCUT2D eigenvalue weighted by Crippen LogP contribution is -2.15. The van der Waals surface area contributed by atoms with Crippen LogP contribution in [0.4, 0.5) is 10.7 Å². The summed E-state index contributed by atoms with van der Waals surface area (Å²) in [5.41, 5.74) is 1.02. The number of carbonyl (C=O) groups is 3. The number of esters is 1. The van der Waals surface area contributed by atoms with Crippen molar-refractivity contribution in [2.75, 3.05) is 31.5 Å². The number of amides is 2. The van der Waals surface area contributed by atoms with Crippen LogP contribution in [0.3, 0.4) is 0 Å². The number of methoxy groups -OCH3 is 2. The monoisotopic (exact) mass is 536 g/mol. The van der Waals surface area contributed by atoms with Gasteiger partial charge in [0.1, 0.15) is 5.00 Å². The summed E-state index contributed by atoms with van der Waals surface area (Å²) in [6, 6.07) is 9.31. The number of benzene rings is 2. The molecule has 0 spiro atoms. The van der Waals surface area contributed by atoms with E-state index in [1.807, 2.05) is 0 Å². The van der Waals surface area contributed by atoms with Gasteiger partial charge < -0.3 is 24.8 Å². The fourth-order valence-electron chi connectivity index (χ4n) is 3.19. The Morgan fingerprint density at radius 3 is 2.31 bits per heavy atom. The van der Waals surface area contributed by atoms with Crippen LogP contribution in [0.5, 0.6) is 11.5 Å². The number of carbonyl (C=O) groups excluding carboxylic acids is 3. The minimum atomic E-state index is -0.663. The van der Waals surface area contributed by atoms with Crippen molar-refractivity contribution >= 4 is 63.0 Å². The largest absolute Gasteiger partial charge is 0.493 e. The van der Waals surface area contributed by atoms with Gasteiger partial charge in [0, 0.05) is 10.6 Å². The summed E-state index contributed by atoms with van der Waals surface area (Å²) in [6.45, 7) is 3.39. The van der Waals surface area contributed by atoms with Gasteiger partial charge in [0.25, 0.3) is 11.8 Å². The minimum absolute atomic E-state index is 0.0908. The van der Waals surface area contributed by atoms with Crippen molar-refractivity contribution in [2.45, 2.75) is 13.8 Å². The van der Waals surface area contributed by atoms with Crippen LogP contribution in [0, 0.1) is 6.92 Å². The van der Waals surface area contributed by atoms with Crippen LogP contribution in [-0.4, -0.2) is 38.6 Å². The molecule has 3 rings (SSSR count). The highest BCUT2D eigenvalue weighted by molar-refractivity contribution is 7.19. The number of thiophene rings is 1. The minimum Gasteiger partial charge on any atom is -0.493 e. The Balaban J connectivity index is 1.97. The fourth-order valence-corrected chi connectivity index (χ4v) is 4.61. The van der Waals surface area contributed by atoms with Crippen molar-refractivity contribution in [1.82, 2.24) is 0 Å². The predicted octanol–water partition coefficient (Wildman–Crippen LogP) is 6.06. The quantitative estimate of drug-likeness (QED) is 0.339. The van der Waals surface area contributed by atoms with Crippen molar-refractivity contribution in [3.63, 3.8) is 0 Å². The van der Waals surface area contributed by atoms with Crippen LogP contribution in [0.2, 0.25) is 10.0 Å². The molecule has 0 fully saturated rings. The summed E-state index contributed by atoms with van der Waals surface area (Å²) in [6.07, 6.45) is 0. The van der Waals surface area contributed by atoms with Gasteiger partial charge in [0.15, 0.2) is 11.5 Å². The molecule has 0 aliphatic heterocycles. The third-order valence-corrected chi connectivity index (χ3v) is 6.65. The summed E-state index contributed by atoms with van der Waals surface area (Å²) in [5.74, 6) is -0.867. The van der Waals surface area contributed by atoms with Crippen molar-refractivity contribution < 1.29 is 28.6 Å². The molecule has 0 unspecified atom stereocenters. The average molecular weight is 537 g/mol. The Morgan fingerprint density at radius 1 is 0.943 bits per heavy atom. The van der Waals surface area contributed by atoms with E-state index in [4.69, 9.17) is 37.4 Å². The van der Waals surface area contributed by atoms with Gasteiger partial charge in [-0.25, -0.2) is 4.79 Å². The Morgan fingerprint density at radius 2 is 1.66 bits per heavy atom. The summed E-state index contributed by atoms with van der Waals surface area (Å²) < 4.78 is 15.6. The molecule has 8 nitrogen and oxygen atoms in total. The second-order valence-electron chi connectivity index (χ2n) is 7.08. The second kappa shape index (κ2) is 11.4. The SMILES string of the molecule is CCOC(=O)c1c(NC(=O)c2ccc(OC)c(OC)c2)sc(C(=O)Nc2cc(Cl)ccc2Cl)c1C. The summed E-state index contributed by atoms with van der Waals surface area (Å²) in [5, 5.41) is 6.26. The van der Waals surface area contributed by atoms with Crippen molar-refractivity contribution in [2.24, 2.45) is 0 Å². The molecule has 0 aliphatic rings. The smallest absolute Gasteiger partial charge is 0.341 e. The topological polar surface area (TPSA) is 103 Å². The third kappa shape index (κ3) is 5.87. The number of halogens is 2. The molecule has 35 heavy (non-hydrogen) atoms. The number of ether oxygens (including phenoxy) is 3. The van der Waals surface area contributed by atoms with E-state index in [9.17, 15) is 14.4 Å². The standard InChI is InChI=1S/C24H22Cl2N2O6S/c1-5-34-24(31)19-12(2)20(22(30)27-16-11-14(25)7-8-15(16)26)35-23(19)28-21(29)13-6-9-17(32-3)18(10-13)33-4/h6-11H,5H2,1-4H3,(H,27,30)(H,28,29). The van der Waals surface area contributed by atoms with E-state index in [0.717, 1.165) is 11.3 Å². The highest BCUT2D eigenvalue weighted by Gasteiger charge is 2.27. The lowest BCUT2D eigenvalue weighted by molar-refractivity contribution is 0.0527. The predicted molar refractivity (Wildman–Crippen MR) is 137 cm³/mol. The molecule has 0 aliphatic carbocycles. The average Bonchev–Trinajstić information content (AvgIpc) is 3.16. The molecule has 1 heterocycles. The van der Waals surface area contributed by atoms with Crippen molar-refractivity contribution in [3.8, 4) is 11.5 Å². The molecular weight excluding hydrogens is 515 g/mol.